The van der Waals surface area contributed by atoms with Crippen molar-refractivity contribution in [2.75, 3.05) is 0 Å². The number of carbonyl (C=O) groups is 1. The van der Waals surface area contributed by atoms with E-state index in [1.807, 2.05) is 0 Å². The lowest BCUT2D eigenvalue weighted by Gasteiger charge is -2.02. The zero-order chi connectivity index (χ0) is 12.3. The fraction of sp³-hybridized carbons (Fsp3) is 0.200. The minimum absolute atomic E-state index is 0.218. The lowest BCUT2D eigenvalue weighted by atomic mass is 10.3. The molecule has 0 amide bonds. The molecule has 0 saturated carbocycles. The smallest absolute Gasteiger partial charge is 0.339 e. The maximum atomic E-state index is 11.0. The van der Waals surface area contributed by atoms with Gasteiger partial charge in [0.1, 0.15) is 5.56 Å². The van der Waals surface area contributed by atoms with Gasteiger partial charge in [-0.1, -0.05) is 11.8 Å². The molecular weight excluding hydrogens is 240 g/mol. The first-order chi connectivity index (χ1) is 8.18. The molecule has 0 aliphatic carbocycles. The number of nitrogens with zero attached hydrogens (tertiary/aromatic N) is 4. The predicted molar refractivity (Wildman–Crippen MR) is 61.8 cm³/mol. The summed E-state index contributed by atoms with van der Waals surface area (Å²) >= 11 is 1.38. The van der Waals surface area contributed by atoms with Crippen molar-refractivity contribution < 1.29 is 9.90 Å². The Hall–Kier alpha value is -1.89. The van der Waals surface area contributed by atoms with E-state index in [4.69, 9.17) is 5.11 Å². The van der Waals surface area contributed by atoms with E-state index in [1.165, 1.54) is 18.0 Å². The highest BCUT2D eigenvalue weighted by molar-refractivity contribution is 7.98. The second-order valence-corrected chi connectivity index (χ2v) is 4.20. The zero-order valence-electron chi connectivity index (χ0n) is 9.07. The van der Waals surface area contributed by atoms with Crippen LogP contribution in [0, 0.1) is 0 Å². The fourth-order valence-electron chi connectivity index (χ4n) is 1.31. The van der Waals surface area contributed by atoms with Gasteiger partial charge in [0, 0.05) is 25.2 Å². The number of aromatic nitrogens is 4. The third-order valence-corrected chi connectivity index (χ3v) is 3.06. The SMILES string of the molecule is Cn1ncc(C(=O)O)c1CSc1ncccn1. The summed E-state index contributed by atoms with van der Waals surface area (Å²) in [5.41, 5.74) is 0.867. The van der Waals surface area contributed by atoms with Gasteiger partial charge in [-0.05, 0) is 6.07 Å². The summed E-state index contributed by atoms with van der Waals surface area (Å²) < 4.78 is 1.55. The molecule has 2 rings (SSSR count). The van der Waals surface area contributed by atoms with Crippen molar-refractivity contribution in [1.82, 2.24) is 19.7 Å². The molecule has 17 heavy (non-hydrogen) atoms. The van der Waals surface area contributed by atoms with Crippen LogP contribution < -0.4 is 0 Å². The molecular formula is C10H10N4O2S. The lowest BCUT2D eigenvalue weighted by Crippen LogP contribution is -2.03. The van der Waals surface area contributed by atoms with Crippen molar-refractivity contribution in [2.24, 2.45) is 7.05 Å². The molecule has 0 unspecified atom stereocenters. The number of hydrogen-bond acceptors (Lipinski definition) is 5. The number of rotatable bonds is 4. The average molecular weight is 250 g/mol. The maximum absolute atomic E-state index is 11.0. The lowest BCUT2D eigenvalue weighted by molar-refractivity contribution is 0.0696. The third kappa shape index (κ3) is 2.62. The predicted octanol–water partition coefficient (Wildman–Crippen LogP) is 1.20. The Morgan fingerprint density at radius 2 is 2.18 bits per heavy atom. The molecule has 0 saturated heterocycles. The molecule has 0 aliphatic heterocycles. The first-order valence-corrected chi connectivity index (χ1v) is 5.81. The van der Waals surface area contributed by atoms with E-state index < -0.39 is 5.97 Å². The van der Waals surface area contributed by atoms with Crippen molar-refractivity contribution in [1.29, 1.82) is 0 Å². The van der Waals surface area contributed by atoms with E-state index in [0.717, 1.165) is 0 Å². The topological polar surface area (TPSA) is 80.9 Å². The van der Waals surface area contributed by atoms with Gasteiger partial charge >= 0.3 is 5.97 Å². The van der Waals surface area contributed by atoms with Gasteiger partial charge in [0.05, 0.1) is 11.9 Å². The summed E-state index contributed by atoms with van der Waals surface area (Å²) in [5.74, 6) is -0.495. The number of aromatic carboxylic acids is 1. The Bertz CT molecular complexity index is 526. The average Bonchev–Trinajstić information content (AvgIpc) is 2.69. The van der Waals surface area contributed by atoms with Crippen LogP contribution in [-0.2, 0) is 12.8 Å². The summed E-state index contributed by atoms with van der Waals surface area (Å²) in [7, 11) is 1.72. The summed E-state index contributed by atoms with van der Waals surface area (Å²) in [6, 6.07) is 1.73. The van der Waals surface area contributed by atoms with Gasteiger partial charge in [0.2, 0.25) is 0 Å². The normalized spacial score (nSPS) is 10.4. The Morgan fingerprint density at radius 1 is 1.47 bits per heavy atom. The van der Waals surface area contributed by atoms with Crippen molar-refractivity contribution in [2.45, 2.75) is 10.9 Å². The number of carboxylic acids is 1. The largest absolute Gasteiger partial charge is 0.478 e. The first-order valence-electron chi connectivity index (χ1n) is 4.82. The maximum Gasteiger partial charge on any atom is 0.339 e. The molecule has 0 spiro atoms. The molecule has 2 aromatic heterocycles. The van der Waals surface area contributed by atoms with Crippen LogP contribution in [0.3, 0.4) is 0 Å². The monoisotopic (exact) mass is 250 g/mol. The molecule has 6 nitrogen and oxygen atoms in total. The Morgan fingerprint density at radius 3 is 2.82 bits per heavy atom. The molecule has 0 atom stereocenters. The van der Waals surface area contributed by atoms with Crippen molar-refractivity contribution in [3.05, 3.63) is 35.9 Å². The van der Waals surface area contributed by atoms with Crippen LogP contribution in [0.25, 0.3) is 0 Å². The molecule has 0 aromatic carbocycles. The molecule has 88 valence electrons. The standard InChI is InChI=1S/C10H10N4O2S/c1-14-8(7(5-13-14)9(15)16)6-17-10-11-3-2-4-12-10/h2-5H,6H2,1H3,(H,15,16). The molecule has 2 aromatic rings. The van der Waals surface area contributed by atoms with Gasteiger partial charge in [0.15, 0.2) is 5.16 Å². The first kappa shape index (κ1) is 11.6. The van der Waals surface area contributed by atoms with Crippen molar-refractivity contribution in [3.63, 3.8) is 0 Å². The van der Waals surface area contributed by atoms with E-state index in [-0.39, 0.29) is 5.56 Å². The quantitative estimate of drug-likeness (QED) is 0.648. The highest BCUT2D eigenvalue weighted by Gasteiger charge is 2.15. The molecule has 1 N–H and O–H groups in total. The van der Waals surface area contributed by atoms with Gasteiger partial charge in [-0.25, -0.2) is 14.8 Å². The van der Waals surface area contributed by atoms with Crippen LogP contribution in [0.1, 0.15) is 16.1 Å². The van der Waals surface area contributed by atoms with Gasteiger partial charge in [0.25, 0.3) is 0 Å². The Labute approximate surface area is 102 Å². The zero-order valence-corrected chi connectivity index (χ0v) is 9.89. The fourth-order valence-corrected chi connectivity index (χ4v) is 2.18. The van der Waals surface area contributed by atoms with Crippen LogP contribution in [0.5, 0.6) is 0 Å². The molecule has 0 aliphatic rings. The van der Waals surface area contributed by atoms with Gasteiger partial charge in [-0.3, -0.25) is 4.68 Å². The van der Waals surface area contributed by atoms with Crippen LogP contribution >= 0.6 is 11.8 Å². The Kier molecular flexibility index (Phi) is 3.38. The van der Waals surface area contributed by atoms with Crippen LogP contribution in [-0.4, -0.2) is 30.8 Å². The van der Waals surface area contributed by atoms with E-state index in [0.29, 0.717) is 16.6 Å². The molecule has 7 heteroatoms. The minimum Gasteiger partial charge on any atom is -0.478 e. The van der Waals surface area contributed by atoms with Crippen LogP contribution in [0.4, 0.5) is 0 Å². The molecule has 2 heterocycles. The van der Waals surface area contributed by atoms with Crippen molar-refractivity contribution in [3.8, 4) is 0 Å². The van der Waals surface area contributed by atoms with E-state index in [1.54, 1.807) is 30.2 Å². The second-order valence-electron chi connectivity index (χ2n) is 3.25. The van der Waals surface area contributed by atoms with E-state index in [9.17, 15) is 4.79 Å². The van der Waals surface area contributed by atoms with Gasteiger partial charge in [-0.15, -0.1) is 0 Å². The van der Waals surface area contributed by atoms with E-state index >= 15 is 0 Å². The molecule has 0 bridgehead atoms. The Balaban J connectivity index is 2.14. The van der Waals surface area contributed by atoms with Gasteiger partial charge < -0.3 is 5.11 Å². The summed E-state index contributed by atoms with van der Waals surface area (Å²) in [6.45, 7) is 0. The number of carboxylic acid groups (broad SMARTS) is 1. The highest BCUT2D eigenvalue weighted by Crippen LogP contribution is 2.20. The van der Waals surface area contributed by atoms with Crippen LogP contribution in [0.2, 0.25) is 0 Å². The number of aryl methyl sites for hydroxylation is 1. The minimum atomic E-state index is -0.970. The molecule has 0 radical (unpaired) electrons. The summed E-state index contributed by atoms with van der Waals surface area (Å²) in [6.07, 6.45) is 4.65. The number of hydrogen-bond donors (Lipinski definition) is 1. The molecule has 0 fully saturated rings. The van der Waals surface area contributed by atoms with Crippen molar-refractivity contribution >= 4 is 17.7 Å². The summed E-state index contributed by atoms with van der Waals surface area (Å²) in [4.78, 5) is 19.1. The highest BCUT2D eigenvalue weighted by atomic mass is 32.2. The second kappa shape index (κ2) is 4.96. The van der Waals surface area contributed by atoms with E-state index in [2.05, 4.69) is 15.1 Å². The van der Waals surface area contributed by atoms with Crippen LogP contribution in [0.15, 0.2) is 29.8 Å². The third-order valence-electron chi connectivity index (χ3n) is 2.17. The summed E-state index contributed by atoms with van der Waals surface area (Å²) in [5, 5.41) is 13.5. The number of thioether (sulfide) groups is 1. The van der Waals surface area contributed by atoms with Gasteiger partial charge in [-0.2, -0.15) is 5.10 Å².